The molecular formula is C20H31N5OS. The van der Waals surface area contributed by atoms with Crippen LogP contribution in [0.2, 0.25) is 0 Å². The molecule has 0 bridgehead atoms. The molecule has 0 saturated carbocycles. The van der Waals surface area contributed by atoms with Crippen LogP contribution in [-0.2, 0) is 24.5 Å². The molecule has 1 aliphatic heterocycles. The summed E-state index contributed by atoms with van der Waals surface area (Å²) in [7, 11) is 2.11. The van der Waals surface area contributed by atoms with Crippen LogP contribution in [0.5, 0.6) is 0 Å². The van der Waals surface area contributed by atoms with Gasteiger partial charge in [0, 0.05) is 26.2 Å². The molecule has 7 heteroatoms. The maximum atomic E-state index is 5.69. The highest BCUT2D eigenvalue weighted by Gasteiger charge is 2.19. The normalized spacial score (nSPS) is 15.1. The first-order valence-electron chi connectivity index (χ1n) is 9.77. The largest absolute Gasteiger partial charge is 0.378 e. The van der Waals surface area contributed by atoms with Gasteiger partial charge in [0.2, 0.25) is 10.7 Å². The third-order valence-electron chi connectivity index (χ3n) is 4.99. The molecule has 1 saturated heterocycles. The first-order valence-corrected chi connectivity index (χ1v) is 10.2. The zero-order valence-corrected chi connectivity index (χ0v) is 17.7. The molecule has 0 spiro atoms. The SMILES string of the molecule is CCn1c(N2CCOCC2)nn(CN(C)Cc2ccc(C(C)C)cc2)c1=S. The van der Waals surface area contributed by atoms with Crippen LogP contribution in [-0.4, -0.2) is 52.6 Å². The summed E-state index contributed by atoms with van der Waals surface area (Å²) in [6.07, 6.45) is 0. The highest BCUT2D eigenvalue weighted by Crippen LogP contribution is 2.17. The van der Waals surface area contributed by atoms with Crippen LogP contribution in [0.3, 0.4) is 0 Å². The summed E-state index contributed by atoms with van der Waals surface area (Å²) in [5.41, 5.74) is 2.68. The van der Waals surface area contributed by atoms with Crippen LogP contribution in [0.25, 0.3) is 0 Å². The van der Waals surface area contributed by atoms with Crippen molar-refractivity contribution in [1.29, 1.82) is 0 Å². The van der Waals surface area contributed by atoms with Gasteiger partial charge in [-0.2, -0.15) is 0 Å². The molecule has 27 heavy (non-hydrogen) atoms. The molecule has 1 fully saturated rings. The smallest absolute Gasteiger partial charge is 0.226 e. The summed E-state index contributed by atoms with van der Waals surface area (Å²) in [4.78, 5) is 4.51. The van der Waals surface area contributed by atoms with Crippen molar-refractivity contribution in [2.24, 2.45) is 0 Å². The summed E-state index contributed by atoms with van der Waals surface area (Å²) in [6.45, 7) is 12.1. The van der Waals surface area contributed by atoms with Crippen molar-refractivity contribution < 1.29 is 4.74 Å². The van der Waals surface area contributed by atoms with Crippen molar-refractivity contribution in [2.75, 3.05) is 38.3 Å². The summed E-state index contributed by atoms with van der Waals surface area (Å²) < 4.78 is 10.3. The van der Waals surface area contributed by atoms with E-state index in [4.69, 9.17) is 22.1 Å². The lowest BCUT2D eigenvalue weighted by Crippen LogP contribution is -2.38. The average molecular weight is 390 g/mol. The number of aromatic nitrogens is 3. The van der Waals surface area contributed by atoms with Crippen molar-refractivity contribution in [3.05, 3.63) is 40.2 Å². The van der Waals surface area contributed by atoms with E-state index in [0.717, 1.165) is 50.1 Å². The van der Waals surface area contributed by atoms with Crippen molar-refractivity contribution in [3.63, 3.8) is 0 Å². The summed E-state index contributed by atoms with van der Waals surface area (Å²) in [5.74, 6) is 1.52. The molecule has 148 valence electrons. The fraction of sp³-hybridized carbons (Fsp3) is 0.600. The summed E-state index contributed by atoms with van der Waals surface area (Å²) in [6, 6.07) is 8.88. The number of nitrogens with zero attached hydrogens (tertiary/aromatic N) is 5. The van der Waals surface area contributed by atoms with E-state index in [-0.39, 0.29) is 0 Å². The Labute approximate surface area is 167 Å². The van der Waals surface area contributed by atoms with Gasteiger partial charge in [-0.05, 0) is 43.2 Å². The minimum Gasteiger partial charge on any atom is -0.378 e. The topological polar surface area (TPSA) is 38.5 Å². The minimum atomic E-state index is 0.562. The molecule has 1 aliphatic rings. The maximum absolute atomic E-state index is 5.69. The van der Waals surface area contributed by atoms with Crippen LogP contribution in [0.1, 0.15) is 37.8 Å². The molecule has 6 nitrogen and oxygen atoms in total. The Morgan fingerprint density at radius 3 is 2.44 bits per heavy atom. The Morgan fingerprint density at radius 2 is 1.85 bits per heavy atom. The van der Waals surface area contributed by atoms with Crippen LogP contribution >= 0.6 is 12.2 Å². The number of rotatable bonds is 7. The van der Waals surface area contributed by atoms with Gasteiger partial charge in [0.25, 0.3) is 0 Å². The second-order valence-corrected chi connectivity index (χ2v) is 7.84. The molecule has 0 unspecified atom stereocenters. The van der Waals surface area contributed by atoms with Crippen molar-refractivity contribution in [1.82, 2.24) is 19.2 Å². The zero-order chi connectivity index (χ0) is 19.4. The van der Waals surface area contributed by atoms with Crippen molar-refractivity contribution >= 4 is 18.2 Å². The molecular weight excluding hydrogens is 358 g/mol. The molecule has 1 aromatic carbocycles. The Morgan fingerprint density at radius 1 is 1.19 bits per heavy atom. The fourth-order valence-electron chi connectivity index (χ4n) is 3.39. The van der Waals surface area contributed by atoms with Gasteiger partial charge in [-0.1, -0.05) is 38.1 Å². The quantitative estimate of drug-likeness (QED) is 0.678. The van der Waals surface area contributed by atoms with Crippen molar-refractivity contribution in [3.8, 4) is 0 Å². The van der Waals surface area contributed by atoms with Gasteiger partial charge in [-0.25, -0.2) is 4.68 Å². The highest BCUT2D eigenvalue weighted by molar-refractivity contribution is 7.71. The standard InChI is InChI=1S/C20H31N5OS/c1-5-24-19(23-10-12-26-13-11-23)21-25(20(24)27)15-22(4)14-17-6-8-18(9-7-17)16(2)3/h6-9,16H,5,10-15H2,1-4H3. The number of anilines is 1. The van der Waals surface area contributed by atoms with Gasteiger partial charge in [-0.15, -0.1) is 5.10 Å². The summed E-state index contributed by atoms with van der Waals surface area (Å²) >= 11 is 5.69. The molecule has 2 aromatic rings. The Balaban J connectivity index is 1.70. The molecule has 0 atom stereocenters. The molecule has 0 amide bonds. The molecule has 3 rings (SSSR count). The van der Waals surface area contributed by atoms with E-state index in [1.165, 1.54) is 11.1 Å². The minimum absolute atomic E-state index is 0.562. The highest BCUT2D eigenvalue weighted by atomic mass is 32.1. The number of hydrogen-bond acceptors (Lipinski definition) is 5. The second-order valence-electron chi connectivity index (χ2n) is 7.48. The zero-order valence-electron chi connectivity index (χ0n) is 16.9. The predicted molar refractivity (Wildman–Crippen MR) is 112 cm³/mol. The lowest BCUT2D eigenvalue weighted by Gasteiger charge is -2.27. The van der Waals surface area contributed by atoms with Gasteiger partial charge >= 0.3 is 0 Å². The van der Waals surface area contributed by atoms with E-state index in [1.807, 2.05) is 4.68 Å². The van der Waals surface area contributed by atoms with Crippen LogP contribution < -0.4 is 4.90 Å². The van der Waals surface area contributed by atoms with E-state index < -0.39 is 0 Å². The van der Waals surface area contributed by atoms with E-state index in [2.05, 4.69) is 66.5 Å². The molecule has 0 radical (unpaired) electrons. The van der Waals surface area contributed by atoms with Gasteiger partial charge < -0.3 is 9.64 Å². The van der Waals surface area contributed by atoms with E-state index in [9.17, 15) is 0 Å². The van der Waals surface area contributed by atoms with Crippen LogP contribution in [0, 0.1) is 4.77 Å². The number of morpholine rings is 1. The fourth-order valence-corrected chi connectivity index (χ4v) is 3.70. The number of benzene rings is 1. The van der Waals surface area contributed by atoms with Gasteiger partial charge in [0.05, 0.1) is 19.9 Å². The van der Waals surface area contributed by atoms with Crippen molar-refractivity contribution in [2.45, 2.75) is 46.4 Å². The Hall–Kier alpha value is -1.70. The molecule has 0 N–H and O–H groups in total. The average Bonchev–Trinajstić information content (AvgIpc) is 2.98. The first kappa shape index (κ1) is 20.0. The van der Waals surface area contributed by atoms with E-state index in [1.54, 1.807) is 0 Å². The Kier molecular flexibility index (Phi) is 6.68. The molecule has 0 aliphatic carbocycles. The lowest BCUT2D eigenvalue weighted by molar-refractivity contribution is 0.121. The van der Waals surface area contributed by atoms with Crippen LogP contribution in [0.4, 0.5) is 5.95 Å². The molecule has 2 heterocycles. The van der Waals surface area contributed by atoms with Crippen LogP contribution in [0.15, 0.2) is 24.3 Å². The van der Waals surface area contributed by atoms with E-state index >= 15 is 0 Å². The van der Waals surface area contributed by atoms with Gasteiger partial charge in [0.1, 0.15) is 0 Å². The summed E-state index contributed by atoms with van der Waals surface area (Å²) in [5, 5.41) is 4.83. The predicted octanol–water partition coefficient (Wildman–Crippen LogP) is 3.48. The van der Waals surface area contributed by atoms with Gasteiger partial charge in [0.15, 0.2) is 0 Å². The molecule has 1 aromatic heterocycles. The first-order chi connectivity index (χ1) is 13.0. The number of ether oxygens (including phenoxy) is 1. The lowest BCUT2D eigenvalue weighted by atomic mass is 10.0. The maximum Gasteiger partial charge on any atom is 0.226 e. The van der Waals surface area contributed by atoms with Gasteiger partial charge in [-0.3, -0.25) is 9.47 Å². The Bertz CT molecular complexity index is 790. The van der Waals surface area contributed by atoms with E-state index in [0.29, 0.717) is 12.6 Å². The third-order valence-corrected chi connectivity index (χ3v) is 5.42. The monoisotopic (exact) mass is 389 g/mol. The second kappa shape index (κ2) is 8.99. The number of hydrogen-bond donors (Lipinski definition) is 0. The third kappa shape index (κ3) is 4.78.